The normalized spacial score (nSPS) is 11.7. The molecule has 0 saturated heterocycles. The topological polar surface area (TPSA) is 43.1 Å². The summed E-state index contributed by atoms with van der Waals surface area (Å²) in [6.07, 6.45) is 14.5. The van der Waals surface area contributed by atoms with Gasteiger partial charge >= 0.3 is 0 Å². The van der Waals surface area contributed by atoms with Crippen LogP contribution in [0.15, 0.2) is 0 Å². The van der Waals surface area contributed by atoms with Crippen molar-refractivity contribution < 1.29 is 4.79 Å². The molecule has 0 spiro atoms. The second-order valence-corrected chi connectivity index (χ2v) is 6.40. The maximum Gasteiger partial charge on any atom is 0.217 e. The highest BCUT2D eigenvalue weighted by Gasteiger charge is 2.23. The molecule has 0 rings (SSSR count). The van der Waals surface area contributed by atoms with Gasteiger partial charge in [-0.2, -0.15) is 0 Å². The lowest BCUT2D eigenvalue weighted by Crippen LogP contribution is -2.21. The number of hydrogen-bond acceptors (Lipinski definition) is 1. The van der Waals surface area contributed by atoms with E-state index in [-0.39, 0.29) is 5.91 Å². The Kier molecular flexibility index (Phi) is 11.0. The summed E-state index contributed by atoms with van der Waals surface area (Å²) in [5.74, 6) is -0.145. The first-order chi connectivity index (χ1) is 9.04. The molecule has 2 N–H and O–H groups in total. The van der Waals surface area contributed by atoms with Crippen LogP contribution < -0.4 is 5.73 Å². The highest BCUT2D eigenvalue weighted by atomic mass is 16.1. The Morgan fingerprint density at radius 2 is 1.32 bits per heavy atom. The first-order valence-electron chi connectivity index (χ1n) is 8.32. The Morgan fingerprint density at radius 1 is 0.842 bits per heavy atom. The maximum atomic E-state index is 11.0. The summed E-state index contributed by atoms with van der Waals surface area (Å²) < 4.78 is 0. The molecule has 2 heteroatoms. The summed E-state index contributed by atoms with van der Waals surface area (Å²) in [6, 6.07) is 0. The van der Waals surface area contributed by atoms with Crippen molar-refractivity contribution >= 4 is 5.91 Å². The van der Waals surface area contributed by atoms with Crippen molar-refractivity contribution in [3.05, 3.63) is 0 Å². The van der Waals surface area contributed by atoms with E-state index in [0.717, 1.165) is 6.42 Å². The van der Waals surface area contributed by atoms with Gasteiger partial charge in [0.05, 0.1) is 0 Å². The molecule has 0 aliphatic heterocycles. The molecule has 0 unspecified atom stereocenters. The van der Waals surface area contributed by atoms with Gasteiger partial charge in [0.1, 0.15) is 0 Å². The molecule has 0 atom stereocenters. The number of carbonyl (C=O) groups is 1. The number of hydrogen-bond donors (Lipinski definition) is 1. The SMILES string of the molecule is CCCCCCC(C)(CCCCCC)CCC(N)=O. The zero-order valence-corrected chi connectivity index (χ0v) is 13.5. The van der Waals surface area contributed by atoms with E-state index in [1.54, 1.807) is 0 Å². The van der Waals surface area contributed by atoms with E-state index in [9.17, 15) is 4.79 Å². The Balaban J connectivity index is 4.07. The van der Waals surface area contributed by atoms with Crippen molar-refractivity contribution in [2.24, 2.45) is 11.1 Å². The molecule has 2 nitrogen and oxygen atoms in total. The van der Waals surface area contributed by atoms with Gasteiger partial charge < -0.3 is 5.73 Å². The van der Waals surface area contributed by atoms with Crippen LogP contribution >= 0.6 is 0 Å². The first-order valence-corrected chi connectivity index (χ1v) is 8.32. The fourth-order valence-corrected chi connectivity index (χ4v) is 2.76. The van der Waals surface area contributed by atoms with E-state index in [1.165, 1.54) is 64.2 Å². The summed E-state index contributed by atoms with van der Waals surface area (Å²) in [4.78, 5) is 11.0. The zero-order chi connectivity index (χ0) is 14.6. The lowest BCUT2D eigenvalue weighted by molar-refractivity contribution is -0.118. The third kappa shape index (κ3) is 11.0. The number of nitrogens with two attached hydrogens (primary N) is 1. The zero-order valence-electron chi connectivity index (χ0n) is 13.5. The van der Waals surface area contributed by atoms with Crippen molar-refractivity contribution in [1.82, 2.24) is 0 Å². The minimum atomic E-state index is -0.145. The van der Waals surface area contributed by atoms with Crippen LogP contribution in [0, 0.1) is 5.41 Å². The van der Waals surface area contributed by atoms with Crippen molar-refractivity contribution in [3.63, 3.8) is 0 Å². The molecule has 0 bridgehead atoms. The lowest BCUT2D eigenvalue weighted by Gasteiger charge is -2.29. The van der Waals surface area contributed by atoms with Crippen molar-refractivity contribution in [2.45, 2.75) is 97.8 Å². The molecule has 19 heavy (non-hydrogen) atoms. The summed E-state index contributed by atoms with van der Waals surface area (Å²) in [5.41, 5.74) is 5.64. The minimum absolute atomic E-state index is 0.145. The molecular weight excluding hydrogens is 234 g/mol. The third-order valence-corrected chi connectivity index (χ3v) is 4.24. The Morgan fingerprint density at radius 3 is 1.68 bits per heavy atom. The van der Waals surface area contributed by atoms with E-state index >= 15 is 0 Å². The lowest BCUT2D eigenvalue weighted by atomic mass is 9.76. The highest BCUT2D eigenvalue weighted by Crippen LogP contribution is 2.35. The van der Waals surface area contributed by atoms with E-state index in [0.29, 0.717) is 11.8 Å². The molecule has 0 aromatic carbocycles. The molecule has 0 fully saturated rings. The number of amides is 1. The second-order valence-electron chi connectivity index (χ2n) is 6.40. The van der Waals surface area contributed by atoms with Gasteiger partial charge in [-0.3, -0.25) is 4.79 Å². The number of unbranched alkanes of at least 4 members (excludes halogenated alkanes) is 6. The number of rotatable bonds is 13. The van der Waals surface area contributed by atoms with Gasteiger partial charge in [-0.05, 0) is 24.7 Å². The highest BCUT2D eigenvalue weighted by molar-refractivity contribution is 5.73. The van der Waals surface area contributed by atoms with Gasteiger partial charge in [0.25, 0.3) is 0 Å². The molecule has 0 aromatic heterocycles. The smallest absolute Gasteiger partial charge is 0.217 e. The molecule has 114 valence electrons. The van der Waals surface area contributed by atoms with Crippen LogP contribution in [0.3, 0.4) is 0 Å². The second kappa shape index (κ2) is 11.3. The molecular formula is C17H35NO. The fraction of sp³-hybridized carbons (Fsp3) is 0.941. The average molecular weight is 269 g/mol. The van der Waals surface area contributed by atoms with Gasteiger partial charge in [0, 0.05) is 6.42 Å². The summed E-state index contributed by atoms with van der Waals surface area (Å²) >= 11 is 0. The van der Waals surface area contributed by atoms with Crippen LogP contribution in [0.4, 0.5) is 0 Å². The van der Waals surface area contributed by atoms with Gasteiger partial charge in [0.15, 0.2) is 0 Å². The van der Waals surface area contributed by atoms with Crippen LogP contribution in [0.5, 0.6) is 0 Å². The van der Waals surface area contributed by atoms with Crippen molar-refractivity contribution in [3.8, 4) is 0 Å². The summed E-state index contributed by atoms with van der Waals surface area (Å²) in [5, 5.41) is 0. The van der Waals surface area contributed by atoms with Crippen LogP contribution in [0.1, 0.15) is 97.8 Å². The Bertz CT molecular complexity index is 213. The summed E-state index contributed by atoms with van der Waals surface area (Å²) in [7, 11) is 0. The van der Waals surface area contributed by atoms with Gasteiger partial charge in [-0.25, -0.2) is 0 Å². The van der Waals surface area contributed by atoms with Crippen LogP contribution in [0.2, 0.25) is 0 Å². The van der Waals surface area contributed by atoms with Crippen LogP contribution in [0.25, 0.3) is 0 Å². The van der Waals surface area contributed by atoms with E-state index in [4.69, 9.17) is 5.73 Å². The molecule has 0 radical (unpaired) electrons. The predicted molar refractivity (Wildman–Crippen MR) is 84.1 cm³/mol. The largest absolute Gasteiger partial charge is 0.370 e. The fourth-order valence-electron chi connectivity index (χ4n) is 2.76. The molecule has 0 heterocycles. The third-order valence-electron chi connectivity index (χ3n) is 4.24. The van der Waals surface area contributed by atoms with Gasteiger partial charge in [0.2, 0.25) is 5.91 Å². The number of primary amides is 1. The van der Waals surface area contributed by atoms with Crippen molar-refractivity contribution in [1.29, 1.82) is 0 Å². The predicted octanol–water partition coefficient (Wildman–Crippen LogP) is 5.20. The van der Waals surface area contributed by atoms with Crippen LogP contribution in [-0.2, 0) is 4.79 Å². The number of carbonyl (C=O) groups excluding carboxylic acids is 1. The quantitative estimate of drug-likeness (QED) is 0.459. The van der Waals surface area contributed by atoms with E-state index in [2.05, 4.69) is 20.8 Å². The molecule has 0 aliphatic rings. The molecule has 0 saturated carbocycles. The molecule has 1 amide bonds. The van der Waals surface area contributed by atoms with Gasteiger partial charge in [-0.1, -0.05) is 72.1 Å². The average Bonchev–Trinajstić information content (AvgIpc) is 2.38. The maximum absolute atomic E-state index is 11.0. The minimum Gasteiger partial charge on any atom is -0.370 e. The van der Waals surface area contributed by atoms with E-state index in [1.807, 2.05) is 0 Å². The van der Waals surface area contributed by atoms with Crippen LogP contribution in [-0.4, -0.2) is 5.91 Å². The standard InChI is InChI=1S/C17H35NO/c1-4-6-8-10-13-17(3,15-12-16(18)19)14-11-9-7-5-2/h4-15H2,1-3H3,(H2,18,19). The van der Waals surface area contributed by atoms with Crippen molar-refractivity contribution in [2.75, 3.05) is 0 Å². The Labute approximate surface area is 120 Å². The monoisotopic (exact) mass is 269 g/mol. The first kappa shape index (κ1) is 18.5. The molecule has 0 aromatic rings. The van der Waals surface area contributed by atoms with E-state index < -0.39 is 0 Å². The molecule has 0 aliphatic carbocycles. The van der Waals surface area contributed by atoms with Gasteiger partial charge in [-0.15, -0.1) is 0 Å². The Hall–Kier alpha value is -0.530. The summed E-state index contributed by atoms with van der Waals surface area (Å²) in [6.45, 7) is 6.85.